The number of nitriles is 1. The number of benzene rings is 2. The van der Waals surface area contributed by atoms with E-state index in [1.54, 1.807) is 42.5 Å². The number of anilines is 1. The fourth-order valence-electron chi connectivity index (χ4n) is 3.11. The summed E-state index contributed by atoms with van der Waals surface area (Å²) >= 11 is 12.4. The fourth-order valence-corrected chi connectivity index (χ4v) is 3.50. The molecule has 4 N–H and O–H groups in total. The second-order valence-corrected chi connectivity index (χ2v) is 6.81. The van der Waals surface area contributed by atoms with Crippen LogP contribution in [0, 0.1) is 11.3 Å². The third kappa shape index (κ3) is 2.89. The lowest BCUT2D eigenvalue weighted by molar-refractivity contribution is 0.385. The molecule has 0 amide bonds. The molecule has 0 spiro atoms. The van der Waals surface area contributed by atoms with Gasteiger partial charge in [-0.15, -0.1) is 0 Å². The minimum Gasteiger partial charge on any atom is -0.460 e. The van der Waals surface area contributed by atoms with Crippen LogP contribution in [-0.2, 0) is 0 Å². The highest BCUT2D eigenvalue weighted by molar-refractivity contribution is 6.43. The molecule has 0 radical (unpaired) electrons. The van der Waals surface area contributed by atoms with Gasteiger partial charge in [0.15, 0.2) is 0 Å². The van der Waals surface area contributed by atoms with Crippen LogP contribution < -0.4 is 16.2 Å². The number of rotatable bonds is 2. The Morgan fingerprint density at radius 2 is 1.85 bits per heavy atom. The van der Waals surface area contributed by atoms with Crippen LogP contribution in [-0.4, -0.2) is 0 Å². The zero-order valence-corrected chi connectivity index (χ0v) is 15.4. The number of allylic oxidation sites excluding steroid dienone is 1. The van der Waals surface area contributed by atoms with Gasteiger partial charge in [0.1, 0.15) is 28.9 Å². The molecule has 7 heteroatoms. The number of halogens is 2. The molecule has 2 heterocycles. The van der Waals surface area contributed by atoms with Gasteiger partial charge in [-0.25, -0.2) is 0 Å². The van der Waals surface area contributed by atoms with Crippen molar-refractivity contribution in [2.24, 2.45) is 5.73 Å². The van der Waals surface area contributed by atoms with E-state index in [0.29, 0.717) is 38.6 Å². The molecule has 0 aliphatic carbocycles. The van der Waals surface area contributed by atoms with E-state index in [0.717, 1.165) is 5.56 Å². The van der Waals surface area contributed by atoms with E-state index in [2.05, 4.69) is 6.07 Å². The summed E-state index contributed by atoms with van der Waals surface area (Å²) in [7, 11) is 0. The lowest BCUT2D eigenvalue weighted by atomic mass is 9.87. The van der Waals surface area contributed by atoms with Crippen molar-refractivity contribution in [3.8, 4) is 23.1 Å². The largest absolute Gasteiger partial charge is 0.460 e. The molecule has 0 saturated heterocycles. The van der Waals surface area contributed by atoms with Crippen LogP contribution in [0.25, 0.3) is 11.3 Å². The van der Waals surface area contributed by atoms with Crippen LogP contribution in [0.3, 0.4) is 0 Å². The van der Waals surface area contributed by atoms with Crippen LogP contribution in [0.2, 0.25) is 10.0 Å². The van der Waals surface area contributed by atoms with E-state index in [-0.39, 0.29) is 11.5 Å². The van der Waals surface area contributed by atoms with Crippen LogP contribution >= 0.6 is 23.2 Å². The maximum absolute atomic E-state index is 9.60. The third-order valence-electron chi connectivity index (χ3n) is 4.37. The van der Waals surface area contributed by atoms with Crippen molar-refractivity contribution in [1.29, 1.82) is 5.26 Å². The second kappa shape index (κ2) is 6.58. The number of hydrogen-bond donors (Lipinski definition) is 2. The minimum absolute atomic E-state index is 0.0272. The van der Waals surface area contributed by atoms with Gasteiger partial charge in [0.05, 0.1) is 16.0 Å². The van der Waals surface area contributed by atoms with E-state index < -0.39 is 5.92 Å². The van der Waals surface area contributed by atoms with Gasteiger partial charge in [-0.3, -0.25) is 0 Å². The van der Waals surface area contributed by atoms with Gasteiger partial charge < -0.3 is 20.6 Å². The van der Waals surface area contributed by atoms with Gasteiger partial charge in [-0.05, 0) is 30.3 Å². The van der Waals surface area contributed by atoms with Crippen LogP contribution in [0.15, 0.2) is 64.4 Å². The normalized spacial score (nSPS) is 15.8. The van der Waals surface area contributed by atoms with Crippen molar-refractivity contribution >= 4 is 28.9 Å². The Hall–Kier alpha value is -3.07. The van der Waals surface area contributed by atoms with Gasteiger partial charge in [0, 0.05) is 22.9 Å². The monoisotopic (exact) mass is 397 g/mol. The zero-order chi connectivity index (χ0) is 19.1. The van der Waals surface area contributed by atoms with E-state index in [4.69, 9.17) is 43.8 Å². The molecule has 0 saturated carbocycles. The average molecular weight is 398 g/mol. The average Bonchev–Trinajstić information content (AvgIpc) is 3.12. The molecular formula is C20H13Cl2N3O2. The quantitative estimate of drug-likeness (QED) is 0.589. The topological polar surface area (TPSA) is 98.2 Å². The first-order chi connectivity index (χ1) is 13.0. The van der Waals surface area contributed by atoms with Crippen molar-refractivity contribution in [3.05, 3.63) is 81.4 Å². The van der Waals surface area contributed by atoms with Crippen LogP contribution in [0.4, 0.5) is 5.69 Å². The molecule has 0 fully saturated rings. The van der Waals surface area contributed by atoms with Crippen molar-refractivity contribution in [2.45, 2.75) is 5.92 Å². The summed E-state index contributed by atoms with van der Waals surface area (Å²) in [4.78, 5) is 0. The maximum Gasteiger partial charge on any atom is 0.205 e. The summed E-state index contributed by atoms with van der Waals surface area (Å²) in [6.07, 6.45) is 0. The first kappa shape index (κ1) is 17.3. The predicted octanol–water partition coefficient (Wildman–Crippen LogP) is 5.05. The molecule has 1 atom stereocenters. The Balaban J connectivity index is 1.85. The molecule has 0 unspecified atom stereocenters. The molecule has 2 aromatic carbocycles. The molecule has 1 aliphatic rings. The van der Waals surface area contributed by atoms with Crippen LogP contribution in [0.5, 0.6) is 5.75 Å². The molecule has 0 bridgehead atoms. The summed E-state index contributed by atoms with van der Waals surface area (Å²) in [5.41, 5.74) is 14.0. The number of hydrogen-bond acceptors (Lipinski definition) is 5. The molecule has 5 nitrogen and oxygen atoms in total. The van der Waals surface area contributed by atoms with Gasteiger partial charge in [-0.2, -0.15) is 5.26 Å². The molecule has 3 aromatic rings. The van der Waals surface area contributed by atoms with Crippen molar-refractivity contribution in [2.75, 3.05) is 5.73 Å². The summed E-state index contributed by atoms with van der Waals surface area (Å²) < 4.78 is 11.6. The number of ether oxygens (including phenoxy) is 1. The van der Waals surface area contributed by atoms with Crippen molar-refractivity contribution in [3.63, 3.8) is 0 Å². The Morgan fingerprint density at radius 3 is 2.63 bits per heavy atom. The van der Waals surface area contributed by atoms with E-state index >= 15 is 0 Å². The predicted molar refractivity (Wildman–Crippen MR) is 104 cm³/mol. The minimum atomic E-state index is -0.508. The molecule has 134 valence electrons. The Bertz CT molecular complexity index is 1130. The van der Waals surface area contributed by atoms with Gasteiger partial charge in [-0.1, -0.05) is 35.3 Å². The molecule has 4 rings (SSSR count). The fraction of sp³-hybridized carbons (Fsp3) is 0.0500. The number of nitrogen functional groups attached to an aromatic ring is 1. The van der Waals surface area contributed by atoms with Gasteiger partial charge in [0.2, 0.25) is 5.88 Å². The molecule has 27 heavy (non-hydrogen) atoms. The number of furan rings is 1. The standard InChI is InChI=1S/C20H13Cl2N3O2/c21-14-3-1-2-12(19(14)22)15-6-7-16(26-15)18-11-5-4-10(24)8-17(11)27-20(25)13(18)9-23/h1-8,18H,24-25H2/t18-/m1/s1. The number of nitrogens with two attached hydrogens (primary N) is 2. The Kier molecular flexibility index (Phi) is 4.23. The lowest BCUT2D eigenvalue weighted by Gasteiger charge is -2.25. The van der Waals surface area contributed by atoms with Gasteiger partial charge >= 0.3 is 0 Å². The zero-order valence-electron chi connectivity index (χ0n) is 13.9. The van der Waals surface area contributed by atoms with E-state index in [9.17, 15) is 5.26 Å². The van der Waals surface area contributed by atoms with Crippen molar-refractivity contribution in [1.82, 2.24) is 0 Å². The summed E-state index contributed by atoms with van der Waals surface area (Å²) in [5, 5.41) is 10.4. The smallest absolute Gasteiger partial charge is 0.205 e. The Morgan fingerprint density at radius 1 is 1.04 bits per heavy atom. The van der Waals surface area contributed by atoms with Crippen molar-refractivity contribution < 1.29 is 9.15 Å². The molecule has 1 aromatic heterocycles. The SMILES string of the molecule is N#CC1=C(N)Oc2cc(N)ccc2[C@H]1c1ccc(-c2cccc(Cl)c2Cl)o1. The van der Waals surface area contributed by atoms with E-state index in [1.807, 2.05) is 6.07 Å². The first-order valence-electron chi connectivity index (χ1n) is 8.00. The summed E-state index contributed by atoms with van der Waals surface area (Å²) in [5.74, 6) is 1.09. The highest BCUT2D eigenvalue weighted by Crippen LogP contribution is 2.44. The van der Waals surface area contributed by atoms with Gasteiger partial charge in [0.25, 0.3) is 0 Å². The number of fused-ring (bicyclic) bond motifs is 1. The highest BCUT2D eigenvalue weighted by Gasteiger charge is 2.33. The Labute approximate surface area is 165 Å². The maximum atomic E-state index is 9.60. The lowest BCUT2D eigenvalue weighted by Crippen LogP contribution is -2.20. The number of nitrogens with zero attached hydrogens (tertiary/aromatic N) is 1. The van der Waals surface area contributed by atoms with Crippen LogP contribution in [0.1, 0.15) is 17.2 Å². The van der Waals surface area contributed by atoms with E-state index in [1.165, 1.54) is 0 Å². The molecular weight excluding hydrogens is 385 g/mol. The molecule has 1 aliphatic heterocycles. The summed E-state index contributed by atoms with van der Waals surface area (Å²) in [6.45, 7) is 0. The first-order valence-corrected chi connectivity index (χ1v) is 8.76. The third-order valence-corrected chi connectivity index (χ3v) is 5.19. The summed E-state index contributed by atoms with van der Waals surface area (Å²) in [6, 6.07) is 16.2. The second-order valence-electron chi connectivity index (χ2n) is 6.03. The highest BCUT2D eigenvalue weighted by atomic mass is 35.5.